The van der Waals surface area contributed by atoms with E-state index in [0.29, 0.717) is 0 Å². The molecule has 0 saturated heterocycles. The van der Waals surface area contributed by atoms with Crippen molar-refractivity contribution in [2.45, 2.75) is 0 Å². The molecule has 0 aromatic rings. The van der Waals surface area contributed by atoms with Gasteiger partial charge in [-0.3, -0.25) is 0 Å². The van der Waals surface area contributed by atoms with Gasteiger partial charge < -0.3 is 0 Å². The first-order valence-corrected chi connectivity index (χ1v) is 13.5. The van der Waals surface area contributed by atoms with E-state index < -0.39 is 26.6 Å². The van der Waals surface area contributed by atoms with Crippen molar-refractivity contribution in [3.63, 3.8) is 0 Å². The Balaban J connectivity index is 2.99. The van der Waals surface area contributed by atoms with Crippen molar-refractivity contribution in [1.29, 1.82) is 0 Å². The average Bonchev–Trinajstić information content (AvgIpc) is 1.36. The summed E-state index contributed by atoms with van der Waals surface area (Å²) in [6.07, 6.45) is 0. The Hall–Kier alpha value is 0.806. The third kappa shape index (κ3) is 3.01. The molecule has 0 rings (SSSR count). The standard InChI is InChI=1S/F4Ge2H2/c1-5(2)6(3)4/h5-6H. The summed E-state index contributed by atoms with van der Waals surface area (Å²) in [5.74, 6) is 0. The van der Waals surface area contributed by atoms with E-state index in [9.17, 15) is 14.0 Å². The molecule has 0 aliphatic carbocycles. The maximum absolute atomic E-state index is 10.7. The molecule has 0 fully saturated rings. The van der Waals surface area contributed by atoms with Crippen molar-refractivity contribution in [2.75, 3.05) is 0 Å². The van der Waals surface area contributed by atoms with Crippen molar-refractivity contribution in [1.82, 2.24) is 0 Å². The van der Waals surface area contributed by atoms with Gasteiger partial charge in [-0.1, -0.05) is 0 Å². The van der Waals surface area contributed by atoms with Crippen LogP contribution in [0.25, 0.3) is 0 Å². The first-order chi connectivity index (χ1) is 2.64. The van der Waals surface area contributed by atoms with Crippen LogP contribution in [0.1, 0.15) is 0 Å². The molecule has 0 N–H and O–H groups in total. The third-order valence-electron chi connectivity index (χ3n) is 0.190. The number of rotatable bonds is 1. The van der Waals surface area contributed by atoms with Gasteiger partial charge in [0.05, 0.1) is 0 Å². The predicted molar refractivity (Wildman–Crippen MR) is 18.7 cm³/mol. The number of halogens is 4. The molecule has 0 aliphatic rings. The molecule has 0 unspecified atom stereocenters. The van der Waals surface area contributed by atoms with Crippen LogP contribution in [0.5, 0.6) is 0 Å². The van der Waals surface area contributed by atoms with Crippen molar-refractivity contribution in [3.8, 4) is 0 Å². The normalized spacial score (nSPS) is 11.0. The Labute approximate surface area is 41.1 Å². The second kappa shape index (κ2) is 2.89. The zero-order valence-corrected chi connectivity index (χ0v) is 7.51. The Morgan fingerprint density at radius 3 is 0.833 bits per heavy atom. The van der Waals surface area contributed by atoms with Gasteiger partial charge in [-0.15, -0.1) is 0 Å². The van der Waals surface area contributed by atoms with Crippen molar-refractivity contribution < 1.29 is 14.0 Å². The molecular weight excluding hydrogens is 221 g/mol. The minimum atomic E-state index is -4.77. The summed E-state index contributed by atoms with van der Waals surface area (Å²) < 4.78 is 42.7. The Morgan fingerprint density at radius 2 is 0.833 bits per heavy atom. The minimum absolute atomic E-state index is 4.77. The molecule has 38 valence electrons. The van der Waals surface area contributed by atoms with E-state index in [1.54, 1.807) is 0 Å². The molecule has 0 spiro atoms. The molecule has 0 aliphatic heterocycles. The van der Waals surface area contributed by atoms with Crippen molar-refractivity contribution >= 4 is 26.6 Å². The van der Waals surface area contributed by atoms with Gasteiger partial charge in [0.15, 0.2) is 0 Å². The number of hydrogen-bond donors (Lipinski definition) is 0. The topological polar surface area (TPSA) is 0 Å². The van der Waals surface area contributed by atoms with Gasteiger partial charge in [-0.05, 0) is 0 Å². The van der Waals surface area contributed by atoms with Crippen LogP contribution in [0.3, 0.4) is 0 Å². The van der Waals surface area contributed by atoms with Crippen LogP contribution < -0.4 is 0 Å². The van der Waals surface area contributed by atoms with Crippen LogP contribution in [0.15, 0.2) is 0 Å². The summed E-state index contributed by atoms with van der Waals surface area (Å²) in [5.41, 5.74) is 0. The van der Waals surface area contributed by atoms with Gasteiger partial charge >= 0.3 is 40.6 Å². The fourth-order valence-corrected chi connectivity index (χ4v) is 0. The summed E-state index contributed by atoms with van der Waals surface area (Å²) in [7, 11) is 0. The van der Waals surface area contributed by atoms with Crippen molar-refractivity contribution in [2.24, 2.45) is 0 Å². The SMILES string of the molecule is [F][GeH]([F])[GeH]([F])[F]. The number of hydrogen-bond acceptors (Lipinski definition) is 0. The van der Waals surface area contributed by atoms with E-state index >= 15 is 0 Å². The predicted octanol–water partition coefficient (Wildman–Crippen LogP) is 0.384. The molecule has 0 nitrogen and oxygen atoms in total. The molecule has 0 saturated carbocycles. The van der Waals surface area contributed by atoms with E-state index in [4.69, 9.17) is 0 Å². The summed E-state index contributed by atoms with van der Waals surface area (Å²) >= 11 is -9.55. The van der Waals surface area contributed by atoms with E-state index in [0.717, 1.165) is 0 Å². The molecule has 6 heteroatoms. The van der Waals surface area contributed by atoms with Gasteiger partial charge in [0.1, 0.15) is 0 Å². The summed E-state index contributed by atoms with van der Waals surface area (Å²) in [4.78, 5) is 0. The molecule has 0 heterocycles. The molecule has 0 aromatic heterocycles. The Bertz CT molecular complexity index is 26.5. The van der Waals surface area contributed by atoms with Gasteiger partial charge in [0.2, 0.25) is 0 Å². The third-order valence-corrected chi connectivity index (χ3v) is 5.14. The molecule has 0 bridgehead atoms. The van der Waals surface area contributed by atoms with E-state index in [1.807, 2.05) is 0 Å². The monoisotopic (exact) mass is 226 g/mol. The zero-order valence-electron chi connectivity index (χ0n) is 2.67. The van der Waals surface area contributed by atoms with Gasteiger partial charge in [0.25, 0.3) is 0 Å². The van der Waals surface area contributed by atoms with Crippen LogP contribution in [0, 0.1) is 0 Å². The molecule has 0 radical (unpaired) electrons. The Kier molecular flexibility index (Phi) is 3.28. The van der Waals surface area contributed by atoms with Gasteiger partial charge in [-0.25, -0.2) is 0 Å². The van der Waals surface area contributed by atoms with Crippen molar-refractivity contribution in [3.05, 3.63) is 0 Å². The molecular formula is H2F4Ge2. The van der Waals surface area contributed by atoms with E-state index in [2.05, 4.69) is 0 Å². The fourth-order valence-electron chi connectivity index (χ4n) is 0. The van der Waals surface area contributed by atoms with Crippen LogP contribution in [-0.4, -0.2) is 26.6 Å². The Morgan fingerprint density at radius 1 is 0.667 bits per heavy atom. The average molecular weight is 223 g/mol. The quantitative estimate of drug-likeness (QED) is 0.445. The van der Waals surface area contributed by atoms with Gasteiger partial charge in [-0.2, -0.15) is 0 Å². The van der Waals surface area contributed by atoms with Crippen LogP contribution >= 0.6 is 0 Å². The summed E-state index contributed by atoms with van der Waals surface area (Å²) in [6, 6.07) is 0. The first kappa shape index (κ1) is 6.81. The zero-order chi connectivity index (χ0) is 5.15. The second-order valence-electron chi connectivity index (χ2n) is 0.669. The molecule has 0 amide bonds. The van der Waals surface area contributed by atoms with Gasteiger partial charge in [0, 0.05) is 0 Å². The van der Waals surface area contributed by atoms with E-state index in [1.165, 1.54) is 0 Å². The molecule has 0 atom stereocenters. The molecule has 6 heavy (non-hydrogen) atoms. The van der Waals surface area contributed by atoms with Crippen LogP contribution in [-0.2, 0) is 0 Å². The summed E-state index contributed by atoms with van der Waals surface area (Å²) in [6.45, 7) is 0. The summed E-state index contributed by atoms with van der Waals surface area (Å²) in [5, 5.41) is 0. The maximum atomic E-state index is 10.7. The van der Waals surface area contributed by atoms with Crippen LogP contribution in [0.4, 0.5) is 14.0 Å². The molecule has 0 aromatic carbocycles. The van der Waals surface area contributed by atoms with E-state index in [-0.39, 0.29) is 0 Å². The fraction of sp³-hybridized carbons (Fsp3) is 0. The van der Waals surface area contributed by atoms with Crippen LogP contribution in [0.2, 0.25) is 0 Å². The first-order valence-electron chi connectivity index (χ1n) is 1.21. The second-order valence-corrected chi connectivity index (χ2v) is 14.5.